The maximum Gasteiger partial charge on any atom is 0.123 e. The van der Waals surface area contributed by atoms with E-state index in [1.54, 1.807) is 30.7 Å². The molecule has 3 heterocycles. The van der Waals surface area contributed by atoms with Crippen LogP contribution in [0.1, 0.15) is 12.8 Å². The molecule has 3 aromatic heterocycles. The van der Waals surface area contributed by atoms with Crippen LogP contribution in [0.15, 0.2) is 67.1 Å². The first-order chi connectivity index (χ1) is 13.3. The SMILES string of the molecule is Fc1ccc(-c2c(-c3ccncc3)n(OCC3CC3)c3cccnc23)cc1. The Balaban J connectivity index is 1.79. The maximum atomic E-state index is 13.5. The molecule has 0 spiro atoms. The van der Waals surface area contributed by atoms with Gasteiger partial charge in [0, 0.05) is 29.7 Å². The van der Waals surface area contributed by atoms with Crippen LogP contribution in [0.2, 0.25) is 0 Å². The van der Waals surface area contributed by atoms with Crippen molar-refractivity contribution in [2.24, 2.45) is 5.92 Å². The summed E-state index contributed by atoms with van der Waals surface area (Å²) in [5, 5.41) is 0. The average Bonchev–Trinajstić information content (AvgIpc) is 3.49. The normalized spacial score (nSPS) is 13.8. The molecule has 1 aromatic carbocycles. The molecule has 1 aliphatic carbocycles. The molecule has 0 unspecified atom stereocenters. The van der Waals surface area contributed by atoms with E-state index in [-0.39, 0.29) is 5.82 Å². The van der Waals surface area contributed by atoms with Gasteiger partial charge < -0.3 is 4.84 Å². The van der Waals surface area contributed by atoms with Crippen molar-refractivity contribution in [3.8, 4) is 22.4 Å². The molecule has 4 nitrogen and oxygen atoms in total. The van der Waals surface area contributed by atoms with Gasteiger partial charge in [-0.2, -0.15) is 4.73 Å². The molecule has 0 bridgehead atoms. The Morgan fingerprint density at radius 3 is 2.48 bits per heavy atom. The predicted octanol–water partition coefficient (Wildman–Crippen LogP) is 4.74. The van der Waals surface area contributed by atoms with Gasteiger partial charge in [-0.1, -0.05) is 12.1 Å². The van der Waals surface area contributed by atoms with Crippen molar-refractivity contribution < 1.29 is 9.23 Å². The van der Waals surface area contributed by atoms with E-state index in [0.717, 1.165) is 33.4 Å². The Kier molecular flexibility index (Phi) is 3.85. The number of hydrogen-bond donors (Lipinski definition) is 0. The van der Waals surface area contributed by atoms with E-state index in [4.69, 9.17) is 4.84 Å². The van der Waals surface area contributed by atoms with E-state index in [1.165, 1.54) is 25.0 Å². The van der Waals surface area contributed by atoms with Crippen molar-refractivity contribution in [2.75, 3.05) is 6.61 Å². The minimum atomic E-state index is -0.258. The summed E-state index contributed by atoms with van der Waals surface area (Å²) in [4.78, 5) is 15.0. The largest absolute Gasteiger partial charge is 0.413 e. The lowest BCUT2D eigenvalue weighted by Gasteiger charge is -2.13. The van der Waals surface area contributed by atoms with Gasteiger partial charge in [-0.05, 0) is 60.7 Å². The molecule has 0 saturated heterocycles. The molecule has 0 atom stereocenters. The molecule has 134 valence electrons. The minimum absolute atomic E-state index is 0.258. The van der Waals surface area contributed by atoms with Crippen molar-refractivity contribution in [3.63, 3.8) is 0 Å². The molecule has 5 heteroatoms. The van der Waals surface area contributed by atoms with Crippen molar-refractivity contribution in [1.29, 1.82) is 0 Å². The number of fused-ring (bicyclic) bond motifs is 1. The van der Waals surface area contributed by atoms with Crippen LogP contribution in [-0.2, 0) is 0 Å². The van der Waals surface area contributed by atoms with Crippen LogP contribution in [0.4, 0.5) is 4.39 Å². The number of hydrogen-bond acceptors (Lipinski definition) is 3. The standard InChI is InChI=1S/C22H18FN3O/c23-18-7-5-16(6-8-18)20-21-19(2-1-11-25-21)26(27-14-15-3-4-15)22(20)17-9-12-24-13-10-17/h1-2,5-13,15H,3-4,14H2. The summed E-state index contributed by atoms with van der Waals surface area (Å²) in [5.41, 5.74) is 5.49. The Labute approximate surface area is 156 Å². The average molecular weight is 359 g/mol. The number of pyridine rings is 2. The molecule has 0 N–H and O–H groups in total. The highest BCUT2D eigenvalue weighted by atomic mass is 19.1. The number of halogens is 1. The fourth-order valence-electron chi connectivity index (χ4n) is 3.35. The van der Waals surface area contributed by atoms with E-state index < -0.39 is 0 Å². The molecule has 5 rings (SSSR count). The third-order valence-corrected chi connectivity index (χ3v) is 4.90. The van der Waals surface area contributed by atoms with Crippen molar-refractivity contribution in [2.45, 2.75) is 12.8 Å². The highest BCUT2D eigenvalue weighted by Crippen LogP contribution is 2.39. The molecule has 4 aromatic rings. The molecule has 1 fully saturated rings. The van der Waals surface area contributed by atoms with Gasteiger partial charge in [0.25, 0.3) is 0 Å². The summed E-state index contributed by atoms with van der Waals surface area (Å²) in [6, 6.07) is 14.3. The van der Waals surface area contributed by atoms with Crippen molar-refractivity contribution in [3.05, 3.63) is 72.9 Å². The summed E-state index contributed by atoms with van der Waals surface area (Å²) in [6.07, 6.45) is 7.73. The zero-order chi connectivity index (χ0) is 18.2. The zero-order valence-corrected chi connectivity index (χ0v) is 14.7. The zero-order valence-electron chi connectivity index (χ0n) is 14.7. The van der Waals surface area contributed by atoms with Crippen molar-refractivity contribution >= 4 is 11.0 Å². The van der Waals surface area contributed by atoms with Crippen LogP contribution < -0.4 is 4.84 Å². The Bertz CT molecular complexity index is 1090. The first kappa shape index (κ1) is 16.0. The lowest BCUT2D eigenvalue weighted by atomic mass is 10.0. The van der Waals surface area contributed by atoms with Crippen LogP contribution in [0, 0.1) is 11.7 Å². The Morgan fingerprint density at radius 2 is 1.74 bits per heavy atom. The van der Waals surface area contributed by atoms with Gasteiger partial charge in [-0.15, -0.1) is 0 Å². The molecule has 27 heavy (non-hydrogen) atoms. The lowest BCUT2D eigenvalue weighted by Crippen LogP contribution is -2.15. The number of aromatic nitrogens is 3. The number of nitrogens with zero attached hydrogens (tertiary/aromatic N) is 3. The summed E-state index contributed by atoms with van der Waals surface area (Å²) in [5.74, 6) is 0.365. The van der Waals surface area contributed by atoms with E-state index in [9.17, 15) is 4.39 Å². The smallest absolute Gasteiger partial charge is 0.123 e. The van der Waals surface area contributed by atoms with E-state index in [2.05, 4.69) is 9.97 Å². The van der Waals surface area contributed by atoms with Crippen LogP contribution in [-0.4, -0.2) is 21.3 Å². The van der Waals surface area contributed by atoms with Gasteiger partial charge in [0.05, 0.1) is 5.69 Å². The number of rotatable bonds is 5. The molecule has 0 radical (unpaired) electrons. The van der Waals surface area contributed by atoms with E-state index in [0.29, 0.717) is 12.5 Å². The molecule has 0 amide bonds. The van der Waals surface area contributed by atoms with Crippen LogP contribution in [0.5, 0.6) is 0 Å². The monoisotopic (exact) mass is 359 g/mol. The van der Waals surface area contributed by atoms with Gasteiger partial charge in [0.15, 0.2) is 0 Å². The van der Waals surface area contributed by atoms with Crippen LogP contribution in [0.25, 0.3) is 33.4 Å². The van der Waals surface area contributed by atoms with Gasteiger partial charge in [-0.25, -0.2) is 4.39 Å². The maximum absolute atomic E-state index is 13.5. The van der Waals surface area contributed by atoms with Gasteiger partial charge in [-0.3, -0.25) is 9.97 Å². The topological polar surface area (TPSA) is 39.9 Å². The van der Waals surface area contributed by atoms with Crippen molar-refractivity contribution in [1.82, 2.24) is 14.7 Å². The second kappa shape index (κ2) is 6.50. The van der Waals surface area contributed by atoms with E-state index in [1.807, 2.05) is 29.0 Å². The molecule has 1 aliphatic rings. The summed E-state index contributed by atoms with van der Waals surface area (Å²) in [6.45, 7) is 0.680. The fraction of sp³-hybridized carbons (Fsp3) is 0.182. The van der Waals surface area contributed by atoms with E-state index >= 15 is 0 Å². The highest BCUT2D eigenvalue weighted by Gasteiger charge is 2.26. The summed E-state index contributed by atoms with van der Waals surface area (Å²) < 4.78 is 15.4. The second-order valence-corrected chi connectivity index (χ2v) is 6.87. The predicted molar refractivity (Wildman–Crippen MR) is 103 cm³/mol. The molecular weight excluding hydrogens is 341 g/mol. The van der Waals surface area contributed by atoms with Gasteiger partial charge in [0.1, 0.15) is 23.5 Å². The third-order valence-electron chi connectivity index (χ3n) is 4.90. The Morgan fingerprint density at radius 1 is 0.963 bits per heavy atom. The summed E-state index contributed by atoms with van der Waals surface area (Å²) >= 11 is 0. The van der Waals surface area contributed by atoms with Crippen LogP contribution in [0.3, 0.4) is 0 Å². The summed E-state index contributed by atoms with van der Waals surface area (Å²) in [7, 11) is 0. The van der Waals surface area contributed by atoms with Gasteiger partial charge in [0.2, 0.25) is 0 Å². The highest BCUT2D eigenvalue weighted by molar-refractivity contribution is 6.01. The molecule has 0 aliphatic heterocycles. The fourth-order valence-corrected chi connectivity index (χ4v) is 3.35. The van der Waals surface area contributed by atoms with Gasteiger partial charge >= 0.3 is 0 Å². The second-order valence-electron chi connectivity index (χ2n) is 6.87. The lowest BCUT2D eigenvalue weighted by molar-refractivity contribution is 0.115. The Hall–Kier alpha value is -3.21. The molecular formula is C22H18FN3O. The third kappa shape index (κ3) is 2.95. The molecule has 1 saturated carbocycles. The minimum Gasteiger partial charge on any atom is -0.413 e. The van der Waals surface area contributed by atoms with Crippen LogP contribution >= 0.6 is 0 Å². The quantitative estimate of drug-likeness (QED) is 0.517. The number of benzene rings is 1. The first-order valence-electron chi connectivity index (χ1n) is 9.10. The first-order valence-corrected chi connectivity index (χ1v) is 9.10.